The summed E-state index contributed by atoms with van der Waals surface area (Å²) in [7, 11) is 0. The summed E-state index contributed by atoms with van der Waals surface area (Å²) in [5.41, 5.74) is 15.6. The van der Waals surface area contributed by atoms with Gasteiger partial charge in [0.1, 0.15) is 18.1 Å². The minimum atomic E-state index is -1.56. The molecule has 14 nitrogen and oxygen atoms in total. The monoisotopic (exact) mass is 444 g/mol. The first-order chi connectivity index (χ1) is 14.5. The van der Waals surface area contributed by atoms with Gasteiger partial charge in [0.05, 0.1) is 19.1 Å². The lowest BCUT2D eigenvalue weighted by Gasteiger charge is -2.29. The summed E-state index contributed by atoms with van der Waals surface area (Å²) in [5.74, 6) is -5.41. The Hall–Kier alpha value is -3.26. The second-order valence-corrected chi connectivity index (χ2v) is 7.11. The lowest BCUT2D eigenvalue weighted by molar-refractivity contribution is -0.146. The van der Waals surface area contributed by atoms with Gasteiger partial charge in [-0.15, -0.1) is 0 Å². The van der Waals surface area contributed by atoms with Gasteiger partial charge in [-0.05, 0) is 19.3 Å². The molecule has 0 spiro atoms. The third kappa shape index (κ3) is 7.82. The summed E-state index contributed by atoms with van der Waals surface area (Å²) in [6.07, 6.45) is -0.192. The van der Waals surface area contributed by atoms with Crippen LogP contribution in [0.25, 0.3) is 0 Å². The van der Waals surface area contributed by atoms with Crippen LogP contribution < -0.4 is 27.8 Å². The molecular weight excluding hydrogens is 416 g/mol. The molecule has 0 radical (unpaired) electrons. The van der Waals surface area contributed by atoms with Gasteiger partial charge < -0.3 is 42.9 Å². The van der Waals surface area contributed by atoms with Gasteiger partial charge in [-0.2, -0.15) is 0 Å². The molecule has 0 aromatic rings. The van der Waals surface area contributed by atoms with Crippen molar-refractivity contribution in [1.29, 1.82) is 0 Å². The Morgan fingerprint density at radius 3 is 2.19 bits per heavy atom. The summed E-state index contributed by atoms with van der Waals surface area (Å²) in [6, 6.07) is -5.16. The molecule has 31 heavy (non-hydrogen) atoms. The molecule has 1 aliphatic rings. The number of hydrogen-bond donors (Lipinski definition) is 7. The standard InChI is InChI=1S/C17H28N6O8/c18-8(3-4-12(19)25)14(27)22-10(7-24)16(29)23-5-1-2-11(23)15(28)21-9(17(30)31)6-13(20)26/h8-11,24H,1-7,18H2,(H2,19,25)(H2,20,26)(H,21,28)(H,22,27)(H,30,31). The third-order valence-corrected chi connectivity index (χ3v) is 4.69. The van der Waals surface area contributed by atoms with Gasteiger partial charge in [-0.25, -0.2) is 4.79 Å². The fourth-order valence-electron chi connectivity index (χ4n) is 3.07. The average molecular weight is 444 g/mol. The molecular formula is C17H28N6O8. The Balaban J connectivity index is 2.81. The van der Waals surface area contributed by atoms with Crippen molar-refractivity contribution in [2.75, 3.05) is 13.2 Å². The number of nitrogens with zero attached hydrogens (tertiary/aromatic N) is 1. The van der Waals surface area contributed by atoms with E-state index in [1.54, 1.807) is 0 Å². The number of carboxylic acid groups (broad SMARTS) is 1. The zero-order valence-electron chi connectivity index (χ0n) is 16.8. The van der Waals surface area contributed by atoms with Crippen molar-refractivity contribution >= 4 is 35.5 Å². The molecule has 4 unspecified atom stereocenters. The molecule has 4 atom stereocenters. The van der Waals surface area contributed by atoms with Crippen LogP contribution in [0.5, 0.6) is 0 Å². The van der Waals surface area contributed by atoms with E-state index in [9.17, 15) is 33.9 Å². The van der Waals surface area contributed by atoms with Crippen LogP contribution in [0.1, 0.15) is 32.1 Å². The number of primary amides is 2. The zero-order chi connectivity index (χ0) is 23.7. The van der Waals surface area contributed by atoms with E-state index in [2.05, 4.69) is 10.6 Å². The first-order valence-electron chi connectivity index (χ1n) is 9.55. The van der Waals surface area contributed by atoms with Crippen molar-refractivity contribution < 1.29 is 39.0 Å². The van der Waals surface area contributed by atoms with E-state index in [0.717, 1.165) is 4.90 Å². The van der Waals surface area contributed by atoms with E-state index in [4.69, 9.17) is 22.3 Å². The molecule has 1 fully saturated rings. The molecule has 1 heterocycles. The molecule has 0 bridgehead atoms. The van der Waals surface area contributed by atoms with E-state index in [1.807, 2.05) is 0 Å². The molecule has 1 saturated heterocycles. The van der Waals surface area contributed by atoms with E-state index in [0.29, 0.717) is 6.42 Å². The van der Waals surface area contributed by atoms with E-state index >= 15 is 0 Å². The number of carboxylic acids is 1. The molecule has 5 amide bonds. The molecule has 14 heteroatoms. The number of hydrogen-bond acceptors (Lipinski definition) is 8. The van der Waals surface area contributed by atoms with E-state index in [-0.39, 0.29) is 25.8 Å². The number of aliphatic hydroxyl groups excluding tert-OH is 1. The molecule has 0 saturated carbocycles. The Labute approximate surface area is 177 Å². The van der Waals surface area contributed by atoms with E-state index < -0.39 is 72.7 Å². The summed E-state index contributed by atoms with van der Waals surface area (Å²) in [5, 5.41) is 23.1. The third-order valence-electron chi connectivity index (χ3n) is 4.69. The van der Waals surface area contributed by atoms with Crippen LogP contribution in [0, 0.1) is 0 Å². The fraction of sp³-hybridized carbons (Fsp3) is 0.647. The largest absolute Gasteiger partial charge is 0.480 e. The molecule has 1 rings (SSSR count). The Morgan fingerprint density at radius 1 is 1.03 bits per heavy atom. The normalized spacial score (nSPS) is 18.5. The van der Waals surface area contributed by atoms with Crippen LogP contribution in [-0.2, 0) is 28.8 Å². The van der Waals surface area contributed by atoms with Crippen molar-refractivity contribution in [3.05, 3.63) is 0 Å². The highest BCUT2D eigenvalue weighted by Gasteiger charge is 2.39. The summed E-state index contributed by atoms with van der Waals surface area (Å²) in [6.45, 7) is -0.651. The van der Waals surface area contributed by atoms with Gasteiger partial charge in [0.2, 0.25) is 29.5 Å². The Morgan fingerprint density at radius 2 is 1.68 bits per heavy atom. The van der Waals surface area contributed by atoms with Crippen molar-refractivity contribution in [3.63, 3.8) is 0 Å². The zero-order valence-corrected chi connectivity index (χ0v) is 16.8. The SMILES string of the molecule is NC(=O)CCC(N)C(=O)NC(CO)C(=O)N1CCCC1C(=O)NC(CC(N)=O)C(=O)O. The number of carbonyl (C=O) groups is 6. The minimum absolute atomic E-state index is 0.0569. The van der Waals surface area contributed by atoms with Gasteiger partial charge in [0, 0.05) is 13.0 Å². The van der Waals surface area contributed by atoms with Crippen LogP contribution in [0.2, 0.25) is 0 Å². The van der Waals surface area contributed by atoms with Gasteiger partial charge >= 0.3 is 5.97 Å². The van der Waals surface area contributed by atoms with Gasteiger partial charge in [-0.3, -0.25) is 24.0 Å². The van der Waals surface area contributed by atoms with E-state index in [1.165, 1.54) is 0 Å². The second kappa shape index (κ2) is 11.8. The highest BCUT2D eigenvalue weighted by atomic mass is 16.4. The van der Waals surface area contributed by atoms with Crippen LogP contribution >= 0.6 is 0 Å². The molecule has 0 aliphatic carbocycles. The van der Waals surface area contributed by atoms with Gasteiger partial charge in [-0.1, -0.05) is 0 Å². The quantitative estimate of drug-likeness (QED) is 0.153. The fourth-order valence-corrected chi connectivity index (χ4v) is 3.07. The number of likely N-dealkylation sites (tertiary alicyclic amines) is 1. The highest BCUT2D eigenvalue weighted by molar-refractivity contribution is 5.95. The van der Waals surface area contributed by atoms with Crippen LogP contribution in [-0.4, -0.2) is 87.9 Å². The Kier molecular flexibility index (Phi) is 9.82. The smallest absolute Gasteiger partial charge is 0.326 e. The lowest BCUT2D eigenvalue weighted by atomic mass is 10.1. The van der Waals surface area contributed by atoms with Gasteiger partial charge in [0.15, 0.2) is 0 Å². The maximum Gasteiger partial charge on any atom is 0.326 e. The number of rotatable bonds is 12. The van der Waals surface area contributed by atoms with Gasteiger partial charge in [0.25, 0.3) is 0 Å². The van der Waals surface area contributed by atoms with Crippen molar-refractivity contribution in [2.45, 2.75) is 56.3 Å². The predicted octanol–water partition coefficient (Wildman–Crippen LogP) is -4.51. The minimum Gasteiger partial charge on any atom is -0.480 e. The van der Waals surface area contributed by atoms with Crippen LogP contribution in [0.15, 0.2) is 0 Å². The van der Waals surface area contributed by atoms with Crippen molar-refractivity contribution in [3.8, 4) is 0 Å². The van der Waals surface area contributed by atoms with Crippen LogP contribution in [0.3, 0.4) is 0 Å². The number of amides is 5. The molecule has 174 valence electrons. The maximum absolute atomic E-state index is 12.8. The first-order valence-corrected chi connectivity index (χ1v) is 9.55. The Bertz CT molecular complexity index is 729. The number of aliphatic hydroxyl groups is 1. The molecule has 0 aromatic carbocycles. The topological polar surface area (TPSA) is 248 Å². The number of nitrogens with two attached hydrogens (primary N) is 3. The molecule has 0 aromatic heterocycles. The second-order valence-electron chi connectivity index (χ2n) is 7.11. The van der Waals surface area contributed by atoms with Crippen molar-refractivity contribution in [1.82, 2.24) is 15.5 Å². The summed E-state index contributed by atoms with van der Waals surface area (Å²) >= 11 is 0. The first kappa shape index (κ1) is 25.8. The predicted molar refractivity (Wildman–Crippen MR) is 104 cm³/mol. The summed E-state index contributed by atoms with van der Waals surface area (Å²) < 4.78 is 0. The number of nitrogens with one attached hydrogen (secondary N) is 2. The molecule has 10 N–H and O–H groups in total. The van der Waals surface area contributed by atoms with Crippen molar-refractivity contribution in [2.24, 2.45) is 17.2 Å². The maximum atomic E-state index is 12.8. The summed E-state index contributed by atoms with van der Waals surface area (Å²) in [4.78, 5) is 71.5. The molecule has 1 aliphatic heterocycles. The average Bonchev–Trinajstić information content (AvgIpc) is 3.18. The highest BCUT2D eigenvalue weighted by Crippen LogP contribution is 2.19. The van der Waals surface area contributed by atoms with Crippen LogP contribution in [0.4, 0.5) is 0 Å². The number of aliphatic carboxylic acids is 1. The number of carbonyl (C=O) groups excluding carboxylic acids is 5. The lowest BCUT2D eigenvalue weighted by Crippen LogP contribution is -2.58.